The highest BCUT2D eigenvalue weighted by Gasteiger charge is 2.14. The highest BCUT2D eigenvalue weighted by molar-refractivity contribution is 6.76. The van der Waals surface area contributed by atoms with Crippen molar-refractivity contribution in [3.05, 3.63) is 49.1 Å². The van der Waals surface area contributed by atoms with Gasteiger partial charge in [0.25, 0.3) is 0 Å². The number of hydrogen-bond acceptors (Lipinski definition) is 6. The monoisotopic (exact) mass is 453 g/mol. The maximum atomic E-state index is 11.9. The third-order valence-electron chi connectivity index (χ3n) is 4.74. The van der Waals surface area contributed by atoms with Crippen LogP contribution < -0.4 is 10.1 Å². The summed E-state index contributed by atoms with van der Waals surface area (Å²) in [7, 11) is -1.13. The number of hydrogen-bond donors (Lipinski definition) is 1. The SMILES string of the molecule is CCCNC(=O)Oc1cccc(-c2cncc(-c3nncn3COCC[Si](C)(C)C)c2)c1. The average Bonchev–Trinajstić information content (AvgIpc) is 3.23. The molecule has 3 aromatic rings. The highest BCUT2D eigenvalue weighted by Crippen LogP contribution is 2.27. The Morgan fingerprint density at radius 2 is 1.94 bits per heavy atom. The van der Waals surface area contributed by atoms with Gasteiger partial charge in [-0.3, -0.25) is 9.55 Å². The summed E-state index contributed by atoms with van der Waals surface area (Å²) in [5.41, 5.74) is 2.61. The van der Waals surface area contributed by atoms with Gasteiger partial charge in [-0.15, -0.1) is 10.2 Å². The van der Waals surface area contributed by atoms with Gasteiger partial charge in [-0.25, -0.2) is 4.79 Å². The molecule has 0 aliphatic carbocycles. The molecule has 0 radical (unpaired) electrons. The predicted molar refractivity (Wildman–Crippen MR) is 127 cm³/mol. The van der Waals surface area contributed by atoms with Crippen LogP contribution in [0.15, 0.2) is 49.1 Å². The van der Waals surface area contributed by atoms with E-state index in [9.17, 15) is 4.79 Å². The average molecular weight is 454 g/mol. The number of carbonyl (C=O) groups excluding carboxylic acids is 1. The molecule has 0 unspecified atom stereocenters. The summed E-state index contributed by atoms with van der Waals surface area (Å²) in [6, 6.07) is 10.5. The number of amides is 1. The molecule has 2 heterocycles. The molecule has 0 bridgehead atoms. The first-order valence-corrected chi connectivity index (χ1v) is 14.5. The molecule has 9 heteroatoms. The standard InChI is InChI=1S/C23H31N5O3Si/c1-5-9-25-23(29)31-21-8-6-7-18(13-21)19-12-20(15-24-14-19)22-27-26-16-28(22)17-30-10-11-32(2,3)4/h6-8,12-16H,5,9-11,17H2,1-4H3,(H,25,29). The third kappa shape index (κ3) is 6.99. The minimum Gasteiger partial charge on any atom is -0.410 e. The molecule has 8 nitrogen and oxygen atoms in total. The van der Waals surface area contributed by atoms with Gasteiger partial charge in [0, 0.05) is 44.7 Å². The number of rotatable bonds is 10. The second kappa shape index (κ2) is 11.0. The van der Waals surface area contributed by atoms with Gasteiger partial charge in [-0.2, -0.15) is 0 Å². The van der Waals surface area contributed by atoms with Gasteiger partial charge in [0.1, 0.15) is 18.8 Å². The Balaban J connectivity index is 1.72. The number of pyridine rings is 1. The summed E-state index contributed by atoms with van der Waals surface area (Å²) in [5.74, 6) is 1.17. The fourth-order valence-electron chi connectivity index (χ4n) is 2.94. The topological polar surface area (TPSA) is 91.2 Å². The smallest absolute Gasteiger partial charge is 0.410 e. The normalized spacial score (nSPS) is 11.4. The first-order chi connectivity index (χ1) is 15.4. The molecule has 0 saturated heterocycles. The van der Waals surface area contributed by atoms with Crippen molar-refractivity contribution in [2.24, 2.45) is 0 Å². The van der Waals surface area contributed by atoms with E-state index in [-0.39, 0.29) is 0 Å². The van der Waals surface area contributed by atoms with Crippen LogP contribution in [-0.4, -0.2) is 47.1 Å². The molecular formula is C23H31N5O3Si. The van der Waals surface area contributed by atoms with E-state index in [1.54, 1.807) is 24.8 Å². The summed E-state index contributed by atoms with van der Waals surface area (Å²) in [6.45, 7) is 10.7. The molecule has 0 fully saturated rings. The van der Waals surface area contributed by atoms with E-state index in [1.807, 2.05) is 35.8 Å². The van der Waals surface area contributed by atoms with Gasteiger partial charge in [-0.05, 0) is 36.2 Å². The van der Waals surface area contributed by atoms with Crippen LogP contribution in [0.5, 0.6) is 5.75 Å². The fraction of sp³-hybridized carbons (Fsp3) is 0.391. The van der Waals surface area contributed by atoms with E-state index >= 15 is 0 Å². The van der Waals surface area contributed by atoms with Crippen LogP contribution >= 0.6 is 0 Å². The van der Waals surface area contributed by atoms with Crippen molar-refractivity contribution < 1.29 is 14.3 Å². The van der Waals surface area contributed by atoms with Crippen molar-refractivity contribution in [3.8, 4) is 28.3 Å². The molecule has 170 valence electrons. The van der Waals surface area contributed by atoms with E-state index < -0.39 is 14.2 Å². The molecule has 1 N–H and O–H groups in total. The number of nitrogens with one attached hydrogen (secondary N) is 1. The Hall–Kier alpha value is -3.04. The first-order valence-electron chi connectivity index (χ1n) is 10.8. The zero-order valence-electron chi connectivity index (χ0n) is 19.2. The molecule has 0 aliphatic rings. The summed E-state index contributed by atoms with van der Waals surface area (Å²) in [4.78, 5) is 16.2. The van der Waals surface area contributed by atoms with Gasteiger partial charge in [0.2, 0.25) is 0 Å². The van der Waals surface area contributed by atoms with Gasteiger partial charge in [-0.1, -0.05) is 38.7 Å². The summed E-state index contributed by atoms with van der Waals surface area (Å²) >= 11 is 0. The van der Waals surface area contributed by atoms with Crippen molar-refractivity contribution in [1.29, 1.82) is 0 Å². The Morgan fingerprint density at radius 3 is 2.72 bits per heavy atom. The van der Waals surface area contributed by atoms with Gasteiger partial charge >= 0.3 is 6.09 Å². The molecule has 1 amide bonds. The Bertz CT molecular complexity index is 1030. The second-order valence-corrected chi connectivity index (χ2v) is 14.4. The van der Waals surface area contributed by atoms with E-state index in [0.29, 0.717) is 24.8 Å². The largest absolute Gasteiger partial charge is 0.412 e. The van der Waals surface area contributed by atoms with Crippen LogP contribution in [0.1, 0.15) is 13.3 Å². The number of ether oxygens (including phenoxy) is 2. The number of carbonyl (C=O) groups is 1. The maximum Gasteiger partial charge on any atom is 0.412 e. The Labute approximate surface area is 190 Å². The predicted octanol–water partition coefficient (Wildman–Crippen LogP) is 4.82. The minimum absolute atomic E-state index is 0.396. The molecular weight excluding hydrogens is 422 g/mol. The molecule has 0 saturated carbocycles. The van der Waals surface area contributed by atoms with Gasteiger partial charge in [0.05, 0.1) is 0 Å². The first kappa shape index (κ1) is 23.6. The Morgan fingerprint density at radius 1 is 1.12 bits per heavy atom. The van der Waals surface area contributed by atoms with Crippen molar-refractivity contribution in [2.45, 2.75) is 45.8 Å². The number of nitrogens with zero attached hydrogens (tertiary/aromatic N) is 4. The van der Waals surface area contributed by atoms with E-state index in [4.69, 9.17) is 9.47 Å². The zero-order chi connectivity index (χ0) is 23.0. The van der Waals surface area contributed by atoms with Crippen molar-refractivity contribution in [2.75, 3.05) is 13.2 Å². The number of aromatic nitrogens is 4. The third-order valence-corrected chi connectivity index (χ3v) is 6.44. The number of benzene rings is 1. The molecule has 2 aromatic heterocycles. The minimum atomic E-state index is -1.13. The summed E-state index contributed by atoms with van der Waals surface area (Å²) in [6.07, 6.45) is 5.58. The van der Waals surface area contributed by atoms with Gasteiger partial charge in [0.15, 0.2) is 5.82 Å². The van der Waals surface area contributed by atoms with Crippen LogP contribution in [0.4, 0.5) is 4.79 Å². The van der Waals surface area contributed by atoms with Crippen LogP contribution in [0.3, 0.4) is 0 Å². The lowest BCUT2D eigenvalue weighted by Crippen LogP contribution is -2.27. The van der Waals surface area contributed by atoms with Gasteiger partial charge < -0.3 is 14.8 Å². The van der Waals surface area contributed by atoms with E-state index in [0.717, 1.165) is 35.8 Å². The van der Waals surface area contributed by atoms with Crippen molar-refractivity contribution in [3.63, 3.8) is 0 Å². The van der Waals surface area contributed by atoms with Crippen molar-refractivity contribution in [1.82, 2.24) is 25.1 Å². The summed E-state index contributed by atoms with van der Waals surface area (Å²) in [5, 5.41) is 11.0. The molecule has 0 spiro atoms. The quantitative estimate of drug-likeness (QED) is 0.350. The lowest BCUT2D eigenvalue weighted by molar-refractivity contribution is 0.0880. The summed E-state index contributed by atoms with van der Waals surface area (Å²) < 4.78 is 13.1. The molecule has 1 aromatic carbocycles. The van der Waals surface area contributed by atoms with Crippen LogP contribution in [-0.2, 0) is 11.5 Å². The molecule has 0 atom stereocenters. The lowest BCUT2D eigenvalue weighted by atomic mass is 10.1. The molecule has 3 rings (SSSR count). The lowest BCUT2D eigenvalue weighted by Gasteiger charge is -2.15. The highest BCUT2D eigenvalue weighted by atomic mass is 28.3. The van der Waals surface area contributed by atoms with Crippen LogP contribution in [0.2, 0.25) is 25.7 Å². The van der Waals surface area contributed by atoms with E-state index in [2.05, 4.69) is 40.1 Å². The second-order valence-electron chi connectivity index (χ2n) is 8.78. The van der Waals surface area contributed by atoms with Crippen molar-refractivity contribution >= 4 is 14.2 Å². The van der Waals surface area contributed by atoms with E-state index in [1.165, 1.54) is 0 Å². The van der Waals surface area contributed by atoms with Crippen LogP contribution in [0.25, 0.3) is 22.5 Å². The Kier molecular flexibility index (Phi) is 8.13. The van der Waals surface area contributed by atoms with Crippen LogP contribution in [0, 0.1) is 0 Å². The molecule has 32 heavy (non-hydrogen) atoms. The zero-order valence-corrected chi connectivity index (χ0v) is 20.2. The fourth-order valence-corrected chi connectivity index (χ4v) is 3.70. The molecule has 0 aliphatic heterocycles. The maximum absolute atomic E-state index is 11.9.